The number of H-pyrrole nitrogens is 1. The van der Waals surface area contributed by atoms with Gasteiger partial charge in [-0.05, 0) is 6.42 Å². The minimum atomic E-state index is -0.0570. The smallest absolute Gasteiger partial charge is 0.255 e. The molecule has 0 amide bonds. The summed E-state index contributed by atoms with van der Waals surface area (Å²) in [5, 5.41) is 7.06. The van der Waals surface area contributed by atoms with Gasteiger partial charge in [0.1, 0.15) is 5.01 Å². The molecule has 0 aliphatic carbocycles. The first-order valence-electron chi connectivity index (χ1n) is 2.87. The van der Waals surface area contributed by atoms with Crippen molar-refractivity contribution >= 4 is 11.3 Å². The Labute approximate surface area is 56.7 Å². The summed E-state index contributed by atoms with van der Waals surface area (Å²) >= 11 is 1.19. The zero-order valence-electron chi connectivity index (χ0n) is 5.18. The maximum absolute atomic E-state index is 10.5. The molecule has 1 heterocycles. The summed E-state index contributed by atoms with van der Waals surface area (Å²) in [5.74, 6) is 0. The molecule has 4 heteroatoms. The van der Waals surface area contributed by atoms with E-state index in [1.165, 1.54) is 11.3 Å². The van der Waals surface area contributed by atoms with Gasteiger partial charge in [-0.15, -0.1) is 0 Å². The molecular formula is C5H8N2OS. The molecule has 0 atom stereocenters. The van der Waals surface area contributed by atoms with Crippen LogP contribution in [0.4, 0.5) is 0 Å². The first kappa shape index (κ1) is 6.48. The van der Waals surface area contributed by atoms with Crippen molar-refractivity contribution in [1.82, 2.24) is 10.2 Å². The van der Waals surface area contributed by atoms with Crippen molar-refractivity contribution in [3.8, 4) is 0 Å². The molecule has 50 valence electrons. The standard InChI is InChI=1S/C5H8N2OS/c1-2-3-4-6-7-5(8)9-4/h2-3H2,1H3,(H,7,8). The summed E-state index contributed by atoms with van der Waals surface area (Å²) in [4.78, 5) is 10.4. The van der Waals surface area contributed by atoms with E-state index in [1.807, 2.05) is 0 Å². The monoisotopic (exact) mass is 144 g/mol. The lowest BCUT2D eigenvalue weighted by Gasteiger charge is -1.82. The van der Waals surface area contributed by atoms with E-state index in [0.717, 1.165) is 17.8 Å². The van der Waals surface area contributed by atoms with Gasteiger partial charge in [-0.1, -0.05) is 18.3 Å². The quantitative estimate of drug-likeness (QED) is 0.666. The molecule has 0 aromatic carbocycles. The van der Waals surface area contributed by atoms with E-state index in [9.17, 15) is 4.79 Å². The lowest BCUT2D eigenvalue weighted by atomic mass is 10.4. The van der Waals surface area contributed by atoms with Crippen molar-refractivity contribution in [2.45, 2.75) is 19.8 Å². The van der Waals surface area contributed by atoms with E-state index >= 15 is 0 Å². The van der Waals surface area contributed by atoms with Gasteiger partial charge in [-0.3, -0.25) is 4.79 Å². The average molecular weight is 144 g/mol. The molecule has 1 aromatic rings. The summed E-state index contributed by atoms with van der Waals surface area (Å²) in [6, 6.07) is 0. The van der Waals surface area contributed by atoms with E-state index < -0.39 is 0 Å². The van der Waals surface area contributed by atoms with Crippen LogP contribution >= 0.6 is 11.3 Å². The Morgan fingerprint density at radius 3 is 3.00 bits per heavy atom. The molecule has 9 heavy (non-hydrogen) atoms. The van der Waals surface area contributed by atoms with Crippen molar-refractivity contribution in [2.75, 3.05) is 0 Å². The summed E-state index contributed by atoms with van der Waals surface area (Å²) in [7, 11) is 0. The lowest BCUT2D eigenvalue weighted by Crippen LogP contribution is -1.90. The zero-order chi connectivity index (χ0) is 6.69. The van der Waals surface area contributed by atoms with Gasteiger partial charge in [0.2, 0.25) is 0 Å². The second-order valence-corrected chi connectivity index (χ2v) is 2.80. The molecule has 0 spiro atoms. The van der Waals surface area contributed by atoms with Crippen LogP contribution in [-0.2, 0) is 6.42 Å². The van der Waals surface area contributed by atoms with E-state index in [-0.39, 0.29) is 4.87 Å². The topological polar surface area (TPSA) is 45.8 Å². The fourth-order valence-electron chi connectivity index (χ4n) is 0.581. The molecule has 0 bridgehead atoms. The number of hydrogen-bond donors (Lipinski definition) is 1. The van der Waals surface area contributed by atoms with Gasteiger partial charge in [0.15, 0.2) is 0 Å². The van der Waals surface area contributed by atoms with E-state index in [4.69, 9.17) is 0 Å². The van der Waals surface area contributed by atoms with Crippen molar-refractivity contribution < 1.29 is 0 Å². The van der Waals surface area contributed by atoms with Crippen molar-refractivity contribution in [3.05, 3.63) is 14.7 Å². The van der Waals surface area contributed by atoms with Crippen LogP contribution in [0.3, 0.4) is 0 Å². The van der Waals surface area contributed by atoms with Crippen LogP contribution in [0.5, 0.6) is 0 Å². The summed E-state index contributed by atoms with van der Waals surface area (Å²) in [5.41, 5.74) is 0. The van der Waals surface area contributed by atoms with E-state index in [1.54, 1.807) is 0 Å². The Morgan fingerprint density at radius 2 is 2.56 bits per heavy atom. The largest absolute Gasteiger partial charge is 0.322 e. The first-order valence-corrected chi connectivity index (χ1v) is 3.69. The molecule has 3 nitrogen and oxygen atoms in total. The predicted octanol–water partition coefficient (Wildman–Crippen LogP) is 0.784. The number of aromatic amines is 1. The SMILES string of the molecule is CCCc1n[nH]c(=O)s1. The fourth-order valence-corrected chi connectivity index (χ4v) is 1.28. The number of nitrogens with zero attached hydrogens (tertiary/aromatic N) is 1. The zero-order valence-corrected chi connectivity index (χ0v) is 5.99. The van der Waals surface area contributed by atoms with Crippen LogP contribution in [0.1, 0.15) is 18.4 Å². The molecule has 0 saturated heterocycles. The predicted molar refractivity (Wildman–Crippen MR) is 36.7 cm³/mol. The van der Waals surface area contributed by atoms with Gasteiger partial charge in [-0.25, -0.2) is 5.10 Å². The molecule has 0 unspecified atom stereocenters. The van der Waals surface area contributed by atoms with Gasteiger partial charge >= 0.3 is 4.87 Å². The van der Waals surface area contributed by atoms with Gasteiger partial charge in [0, 0.05) is 6.42 Å². The normalized spacial score (nSPS) is 9.89. The molecule has 1 rings (SSSR count). The lowest BCUT2D eigenvalue weighted by molar-refractivity contribution is 0.874. The third kappa shape index (κ3) is 1.64. The Hall–Kier alpha value is -0.640. The third-order valence-corrected chi connectivity index (χ3v) is 1.75. The number of rotatable bonds is 2. The Morgan fingerprint density at radius 1 is 1.78 bits per heavy atom. The highest BCUT2D eigenvalue weighted by Gasteiger charge is 1.94. The minimum Gasteiger partial charge on any atom is -0.255 e. The molecule has 0 aliphatic heterocycles. The summed E-state index contributed by atoms with van der Waals surface area (Å²) in [6.45, 7) is 2.06. The summed E-state index contributed by atoms with van der Waals surface area (Å²) < 4.78 is 0. The number of aryl methyl sites for hydroxylation is 1. The molecule has 0 fully saturated rings. The van der Waals surface area contributed by atoms with Crippen molar-refractivity contribution in [1.29, 1.82) is 0 Å². The second kappa shape index (κ2) is 2.77. The maximum Gasteiger partial charge on any atom is 0.322 e. The molecule has 0 saturated carbocycles. The molecule has 1 N–H and O–H groups in total. The van der Waals surface area contributed by atoms with Crippen LogP contribution in [0.25, 0.3) is 0 Å². The highest BCUT2D eigenvalue weighted by molar-refractivity contribution is 7.08. The Kier molecular flexibility index (Phi) is 2.00. The van der Waals surface area contributed by atoms with Crippen LogP contribution in [0.15, 0.2) is 4.79 Å². The fraction of sp³-hybridized carbons (Fsp3) is 0.600. The van der Waals surface area contributed by atoms with E-state index in [2.05, 4.69) is 17.1 Å². The maximum atomic E-state index is 10.5. The van der Waals surface area contributed by atoms with Gasteiger partial charge in [-0.2, -0.15) is 5.10 Å². The highest BCUT2D eigenvalue weighted by Crippen LogP contribution is 1.98. The van der Waals surface area contributed by atoms with Crippen LogP contribution in [0, 0.1) is 0 Å². The molecule has 0 aliphatic rings. The minimum absolute atomic E-state index is 0.0570. The number of nitrogens with one attached hydrogen (secondary N) is 1. The van der Waals surface area contributed by atoms with Crippen LogP contribution < -0.4 is 4.87 Å². The third-order valence-electron chi connectivity index (χ3n) is 0.946. The first-order chi connectivity index (χ1) is 4.33. The van der Waals surface area contributed by atoms with Crippen molar-refractivity contribution in [3.63, 3.8) is 0 Å². The Balaban J connectivity index is 2.73. The second-order valence-electron chi connectivity index (χ2n) is 1.76. The van der Waals surface area contributed by atoms with Gasteiger partial charge in [0.25, 0.3) is 0 Å². The number of hydrogen-bond acceptors (Lipinski definition) is 3. The summed E-state index contributed by atoms with van der Waals surface area (Å²) in [6.07, 6.45) is 1.95. The average Bonchev–Trinajstić information content (AvgIpc) is 2.17. The van der Waals surface area contributed by atoms with Gasteiger partial charge in [0.05, 0.1) is 0 Å². The highest BCUT2D eigenvalue weighted by atomic mass is 32.1. The number of aromatic nitrogens is 2. The van der Waals surface area contributed by atoms with Crippen molar-refractivity contribution in [2.24, 2.45) is 0 Å². The van der Waals surface area contributed by atoms with Gasteiger partial charge < -0.3 is 0 Å². The van der Waals surface area contributed by atoms with Crippen LogP contribution in [-0.4, -0.2) is 10.2 Å². The Bertz CT molecular complexity index is 227. The molecule has 1 aromatic heterocycles. The molecular weight excluding hydrogens is 136 g/mol. The molecule has 0 radical (unpaired) electrons. The van der Waals surface area contributed by atoms with Crippen LogP contribution in [0.2, 0.25) is 0 Å². The van der Waals surface area contributed by atoms with E-state index in [0.29, 0.717) is 0 Å².